The quantitative estimate of drug-likeness (QED) is 0.625. The summed E-state index contributed by atoms with van der Waals surface area (Å²) in [6.07, 6.45) is 0. The third-order valence-electron chi connectivity index (χ3n) is 4.54. The minimum Gasteiger partial charge on any atom is -0.366 e. The largest absolute Gasteiger partial charge is 0.366 e. The number of carbonyl (C=O) groups excluding carboxylic acids is 3. The molecule has 0 saturated carbocycles. The number of halogens is 2. The van der Waals surface area contributed by atoms with E-state index in [0.717, 1.165) is 12.1 Å². The maximum absolute atomic E-state index is 13.9. The predicted octanol–water partition coefficient (Wildman–Crippen LogP) is 1.61. The fourth-order valence-corrected chi connectivity index (χ4v) is 2.99. The van der Waals surface area contributed by atoms with Crippen LogP contribution >= 0.6 is 0 Å². The van der Waals surface area contributed by atoms with E-state index in [9.17, 15) is 23.2 Å². The highest BCUT2D eigenvalue weighted by molar-refractivity contribution is 6.43. The topological polar surface area (TPSA) is 69.7 Å². The molecule has 0 unspecified atom stereocenters. The molecule has 6 nitrogen and oxygen atoms in total. The van der Waals surface area contributed by atoms with Gasteiger partial charge in [0.05, 0.1) is 12.2 Å². The van der Waals surface area contributed by atoms with E-state index >= 15 is 0 Å². The molecule has 2 aromatic rings. The van der Waals surface area contributed by atoms with Crippen LogP contribution in [0.4, 0.5) is 14.5 Å². The highest BCUT2D eigenvalue weighted by Gasteiger charge is 2.24. The molecule has 0 atom stereocenters. The van der Waals surface area contributed by atoms with Gasteiger partial charge in [0.15, 0.2) is 0 Å². The van der Waals surface area contributed by atoms with E-state index in [2.05, 4.69) is 5.32 Å². The molecule has 1 heterocycles. The maximum Gasteiger partial charge on any atom is 0.292 e. The Bertz CT molecular complexity index is 879. The lowest BCUT2D eigenvalue weighted by Gasteiger charge is -2.36. The van der Waals surface area contributed by atoms with E-state index in [0.29, 0.717) is 31.9 Å². The summed E-state index contributed by atoms with van der Waals surface area (Å²) in [6.45, 7) is 1.39. The summed E-state index contributed by atoms with van der Waals surface area (Å²) in [5.74, 6) is -2.91. The van der Waals surface area contributed by atoms with Crippen LogP contribution < -0.4 is 10.2 Å². The number of rotatable bonds is 5. The summed E-state index contributed by atoms with van der Waals surface area (Å²) in [5, 5.41) is 2.30. The zero-order chi connectivity index (χ0) is 20.1. The molecule has 8 heteroatoms. The summed E-state index contributed by atoms with van der Waals surface area (Å²) in [7, 11) is 0. The van der Waals surface area contributed by atoms with Crippen molar-refractivity contribution in [1.29, 1.82) is 0 Å². The van der Waals surface area contributed by atoms with Gasteiger partial charge in [-0.25, -0.2) is 8.78 Å². The normalized spacial score (nSPS) is 13.9. The van der Waals surface area contributed by atoms with E-state index in [1.54, 1.807) is 23.1 Å². The summed E-state index contributed by atoms with van der Waals surface area (Å²) in [4.78, 5) is 39.6. The monoisotopic (exact) mass is 387 g/mol. The Labute approximate surface area is 160 Å². The molecule has 1 saturated heterocycles. The van der Waals surface area contributed by atoms with Crippen molar-refractivity contribution in [3.63, 3.8) is 0 Å². The number of hydrogen-bond donors (Lipinski definition) is 1. The molecule has 0 spiro atoms. The first kappa shape index (κ1) is 19.5. The van der Waals surface area contributed by atoms with Crippen LogP contribution in [0.3, 0.4) is 0 Å². The fourth-order valence-electron chi connectivity index (χ4n) is 2.99. The molecule has 28 heavy (non-hydrogen) atoms. The van der Waals surface area contributed by atoms with Crippen LogP contribution in [0.2, 0.25) is 0 Å². The van der Waals surface area contributed by atoms with Gasteiger partial charge in [0, 0.05) is 31.7 Å². The minimum atomic E-state index is -0.926. The van der Waals surface area contributed by atoms with Crippen LogP contribution in [0.15, 0.2) is 48.5 Å². The van der Waals surface area contributed by atoms with Crippen LogP contribution in [0, 0.1) is 11.6 Å². The van der Waals surface area contributed by atoms with Gasteiger partial charge in [0.1, 0.15) is 11.6 Å². The molecule has 0 bridgehead atoms. The number of amides is 2. The van der Waals surface area contributed by atoms with Crippen molar-refractivity contribution in [2.24, 2.45) is 0 Å². The Morgan fingerprint density at radius 3 is 2.18 bits per heavy atom. The number of para-hydroxylation sites is 1. The molecule has 2 amide bonds. The first-order chi connectivity index (χ1) is 13.5. The van der Waals surface area contributed by atoms with Gasteiger partial charge in [0.25, 0.3) is 5.91 Å². The van der Waals surface area contributed by atoms with Crippen molar-refractivity contribution in [2.45, 2.75) is 0 Å². The zero-order valence-corrected chi connectivity index (χ0v) is 15.0. The number of hydrogen-bond acceptors (Lipinski definition) is 4. The van der Waals surface area contributed by atoms with Crippen molar-refractivity contribution in [2.75, 3.05) is 37.6 Å². The van der Waals surface area contributed by atoms with Crippen LogP contribution in [-0.2, 0) is 9.59 Å². The molecule has 1 aliphatic heterocycles. The van der Waals surface area contributed by atoms with E-state index in [1.807, 2.05) is 4.90 Å². The zero-order valence-electron chi connectivity index (χ0n) is 15.0. The minimum absolute atomic E-state index is 0.0462. The SMILES string of the molecule is O=C(NCC(=O)N1CCN(c2ccccc2F)CC1)C(=O)c1ccc(F)cc1. The van der Waals surface area contributed by atoms with Gasteiger partial charge in [-0.15, -0.1) is 0 Å². The number of nitrogens with zero attached hydrogens (tertiary/aromatic N) is 2. The van der Waals surface area contributed by atoms with Gasteiger partial charge in [0.2, 0.25) is 11.7 Å². The van der Waals surface area contributed by atoms with Crippen LogP contribution in [0.25, 0.3) is 0 Å². The second kappa shape index (κ2) is 8.60. The van der Waals surface area contributed by atoms with Gasteiger partial charge >= 0.3 is 0 Å². The molecule has 146 valence electrons. The second-order valence-corrected chi connectivity index (χ2v) is 6.34. The molecular weight excluding hydrogens is 368 g/mol. The Morgan fingerprint density at radius 2 is 1.54 bits per heavy atom. The number of nitrogens with one attached hydrogen (secondary N) is 1. The van der Waals surface area contributed by atoms with Gasteiger partial charge < -0.3 is 15.1 Å². The van der Waals surface area contributed by atoms with Gasteiger partial charge in [-0.2, -0.15) is 0 Å². The Kier molecular flexibility index (Phi) is 5.98. The third-order valence-corrected chi connectivity index (χ3v) is 4.54. The van der Waals surface area contributed by atoms with Gasteiger partial charge in [-0.05, 0) is 36.4 Å². The molecular formula is C20H19F2N3O3. The van der Waals surface area contributed by atoms with Gasteiger partial charge in [-0.3, -0.25) is 14.4 Å². The van der Waals surface area contributed by atoms with Gasteiger partial charge in [-0.1, -0.05) is 12.1 Å². The van der Waals surface area contributed by atoms with Crippen molar-refractivity contribution in [3.05, 3.63) is 65.7 Å². The Hall–Kier alpha value is -3.29. The van der Waals surface area contributed by atoms with E-state index in [4.69, 9.17) is 0 Å². The molecule has 0 aromatic heterocycles. The lowest BCUT2D eigenvalue weighted by molar-refractivity contribution is -0.132. The number of carbonyl (C=O) groups is 3. The van der Waals surface area contributed by atoms with Crippen molar-refractivity contribution < 1.29 is 23.2 Å². The number of benzene rings is 2. The molecule has 0 radical (unpaired) electrons. The molecule has 1 N–H and O–H groups in total. The van der Waals surface area contributed by atoms with E-state index in [1.165, 1.54) is 18.2 Å². The number of Topliss-reactive ketones (excluding diaryl/α,β-unsaturated/α-hetero) is 1. The summed E-state index contributed by atoms with van der Waals surface area (Å²) >= 11 is 0. The lowest BCUT2D eigenvalue weighted by atomic mass is 10.1. The molecule has 3 rings (SSSR count). The highest BCUT2D eigenvalue weighted by atomic mass is 19.1. The van der Waals surface area contributed by atoms with E-state index in [-0.39, 0.29) is 23.8 Å². The molecule has 1 fully saturated rings. The second-order valence-electron chi connectivity index (χ2n) is 6.34. The average Bonchev–Trinajstić information content (AvgIpc) is 2.72. The highest BCUT2D eigenvalue weighted by Crippen LogP contribution is 2.20. The van der Waals surface area contributed by atoms with E-state index < -0.39 is 17.5 Å². The van der Waals surface area contributed by atoms with Crippen molar-refractivity contribution in [1.82, 2.24) is 10.2 Å². The standard InChI is InChI=1S/C20H19F2N3O3/c21-15-7-5-14(6-8-15)19(27)20(28)23-13-18(26)25-11-9-24(10-12-25)17-4-2-1-3-16(17)22/h1-8H,9-13H2,(H,23,28). The average molecular weight is 387 g/mol. The number of piperazine rings is 1. The first-order valence-electron chi connectivity index (χ1n) is 8.81. The lowest BCUT2D eigenvalue weighted by Crippen LogP contribution is -2.51. The Balaban J connectivity index is 1.48. The maximum atomic E-state index is 13.9. The first-order valence-corrected chi connectivity index (χ1v) is 8.81. The van der Waals surface area contributed by atoms with Crippen LogP contribution in [-0.4, -0.2) is 55.2 Å². The predicted molar refractivity (Wildman–Crippen MR) is 98.9 cm³/mol. The van der Waals surface area contributed by atoms with Crippen molar-refractivity contribution in [3.8, 4) is 0 Å². The number of anilines is 1. The summed E-state index contributed by atoms with van der Waals surface area (Å²) in [6, 6.07) is 11.0. The molecule has 2 aromatic carbocycles. The molecule has 0 aliphatic carbocycles. The van der Waals surface area contributed by atoms with Crippen molar-refractivity contribution >= 4 is 23.3 Å². The Morgan fingerprint density at radius 1 is 0.893 bits per heavy atom. The van der Waals surface area contributed by atoms with Crippen LogP contribution in [0.1, 0.15) is 10.4 Å². The summed E-state index contributed by atoms with van der Waals surface area (Å²) < 4.78 is 26.7. The van der Waals surface area contributed by atoms with Crippen LogP contribution in [0.5, 0.6) is 0 Å². The smallest absolute Gasteiger partial charge is 0.292 e. The summed E-state index contributed by atoms with van der Waals surface area (Å²) in [5.41, 5.74) is 0.539. The molecule has 1 aliphatic rings. The third kappa shape index (κ3) is 4.51. The fraction of sp³-hybridized carbons (Fsp3) is 0.250. The number of ketones is 1.